The number of rotatable bonds is 5. The van der Waals surface area contributed by atoms with Gasteiger partial charge in [0.05, 0.1) is 21.8 Å². The maximum atomic E-state index is 14.8. The van der Waals surface area contributed by atoms with Crippen molar-refractivity contribution >= 4 is 40.8 Å². The van der Waals surface area contributed by atoms with Gasteiger partial charge in [-0.15, -0.1) is 0 Å². The number of likely N-dealkylation sites (tertiary alicyclic amines) is 1. The van der Waals surface area contributed by atoms with Gasteiger partial charge in [-0.05, 0) is 55.3 Å². The minimum atomic E-state index is -0.818. The lowest BCUT2D eigenvalue weighted by Crippen LogP contribution is -2.28. The normalized spacial score (nSPS) is 13.0. The van der Waals surface area contributed by atoms with Crippen molar-refractivity contribution in [2.45, 2.75) is 12.8 Å². The van der Waals surface area contributed by atoms with Crippen LogP contribution in [0.1, 0.15) is 39.1 Å². The first kappa shape index (κ1) is 23.3. The van der Waals surface area contributed by atoms with Gasteiger partial charge in [-0.3, -0.25) is 15.0 Å². The Hall–Kier alpha value is -3.85. The molecule has 1 fully saturated rings. The van der Waals surface area contributed by atoms with Crippen LogP contribution < -0.4 is 10.6 Å². The average molecular weight is 484 g/mol. The number of nitrogens with one attached hydrogen (secondary N) is 3. The van der Waals surface area contributed by atoms with Crippen molar-refractivity contribution < 1.29 is 18.4 Å². The minimum absolute atomic E-state index is 0.00819. The molecule has 2 amide bonds. The summed E-state index contributed by atoms with van der Waals surface area (Å²) in [7, 11) is 0. The highest BCUT2D eigenvalue weighted by Gasteiger charge is 2.21. The molecule has 0 saturated carbocycles. The van der Waals surface area contributed by atoms with E-state index in [4.69, 9.17) is 17.0 Å². The molecule has 10 heteroatoms. The molecular formula is C24H20ClF2N5O2. The standard InChI is InChI=1S/C24H20ClF2N5O2/c25-15-4-8-21(29-13-15)31-24(34)18-12-16(26)5-7-20(18)30-23(33)17-6-3-14(11-19(17)27)22(28)32-9-1-2-10-32/h3-8,11-13,28H,1-2,9-10H2,(H,30,33)(H,29,31,34). The third kappa shape index (κ3) is 5.20. The van der Waals surface area contributed by atoms with Crippen LogP contribution in [0.25, 0.3) is 0 Å². The van der Waals surface area contributed by atoms with Crippen LogP contribution in [0.15, 0.2) is 54.7 Å². The molecule has 3 N–H and O–H groups in total. The Bertz CT molecular complexity index is 1260. The van der Waals surface area contributed by atoms with Crippen LogP contribution in [0, 0.1) is 17.0 Å². The summed E-state index contributed by atoms with van der Waals surface area (Å²) in [6, 6.07) is 10.2. The van der Waals surface area contributed by atoms with Gasteiger partial charge in [-0.25, -0.2) is 13.8 Å². The Morgan fingerprint density at radius 2 is 1.68 bits per heavy atom. The molecule has 2 aromatic carbocycles. The lowest BCUT2D eigenvalue weighted by molar-refractivity contribution is 0.102. The Labute approximate surface area is 199 Å². The fourth-order valence-electron chi connectivity index (χ4n) is 3.61. The summed E-state index contributed by atoms with van der Waals surface area (Å²) in [5, 5.41) is 13.6. The molecule has 0 bridgehead atoms. The number of halogens is 3. The summed E-state index contributed by atoms with van der Waals surface area (Å²) in [5.74, 6) is -2.66. The number of hydrogen-bond acceptors (Lipinski definition) is 4. The smallest absolute Gasteiger partial charge is 0.259 e. The van der Waals surface area contributed by atoms with E-state index in [2.05, 4.69) is 15.6 Å². The lowest BCUT2D eigenvalue weighted by atomic mass is 10.1. The van der Waals surface area contributed by atoms with Gasteiger partial charge in [-0.2, -0.15) is 0 Å². The molecule has 1 saturated heterocycles. The summed E-state index contributed by atoms with van der Waals surface area (Å²) in [6.07, 6.45) is 3.29. The molecule has 2 heterocycles. The SMILES string of the molecule is N=C(c1ccc(C(=O)Nc2ccc(F)cc2C(=O)Nc2ccc(Cl)cn2)c(F)c1)N1CCCC1. The fourth-order valence-corrected chi connectivity index (χ4v) is 3.72. The lowest BCUT2D eigenvalue weighted by Gasteiger charge is -2.19. The molecular weight excluding hydrogens is 464 g/mol. The predicted octanol–water partition coefficient (Wildman–Crippen LogP) is 4.94. The van der Waals surface area contributed by atoms with E-state index >= 15 is 0 Å². The topological polar surface area (TPSA) is 98.2 Å². The van der Waals surface area contributed by atoms with E-state index in [0.717, 1.165) is 44.1 Å². The van der Waals surface area contributed by atoms with E-state index in [-0.39, 0.29) is 28.5 Å². The van der Waals surface area contributed by atoms with Crippen LogP contribution in [0.5, 0.6) is 0 Å². The zero-order chi connectivity index (χ0) is 24.2. The molecule has 4 rings (SSSR count). The number of anilines is 2. The van der Waals surface area contributed by atoms with Gasteiger partial charge in [0.25, 0.3) is 11.8 Å². The van der Waals surface area contributed by atoms with Crippen molar-refractivity contribution in [1.29, 1.82) is 5.41 Å². The molecule has 0 aliphatic carbocycles. The van der Waals surface area contributed by atoms with Gasteiger partial charge < -0.3 is 15.5 Å². The second kappa shape index (κ2) is 9.96. The number of aromatic nitrogens is 1. The van der Waals surface area contributed by atoms with Gasteiger partial charge in [-0.1, -0.05) is 17.7 Å². The van der Waals surface area contributed by atoms with Crippen LogP contribution >= 0.6 is 11.6 Å². The van der Waals surface area contributed by atoms with E-state index in [1.807, 2.05) is 4.90 Å². The first-order chi connectivity index (χ1) is 16.3. The summed E-state index contributed by atoms with van der Waals surface area (Å²) >= 11 is 5.78. The van der Waals surface area contributed by atoms with E-state index in [1.54, 1.807) is 0 Å². The van der Waals surface area contributed by atoms with Crippen molar-refractivity contribution in [3.05, 3.63) is 88.1 Å². The van der Waals surface area contributed by atoms with Gasteiger partial charge in [0.15, 0.2) is 0 Å². The van der Waals surface area contributed by atoms with Crippen molar-refractivity contribution in [2.75, 3.05) is 23.7 Å². The van der Waals surface area contributed by atoms with E-state index < -0.39 is 23.4 Å². The fraction of sp³-hybridized carbons (Fsp3) is 0.167. The highest BCUT2D eigenvalue weighted by Crippen LogP contribution is 2.22. The number of amides is 2. The van der Waals surface area contributed by atoms with Crippen molar-refractivity contribution in [2.24, 2.45) is 0 Å². The highest BCUT2D eigenvalue weighted by molar-refractivity contribution is 6.30. The molecule has 1 aliphatic heterocycles. The van der Waals surface area contributed by atoms with Crippen LogP contribution in [0.3, 0.4) is 0 Å². The van der Waals surface area contributed by atoms with Gasteiger partial charge in [0, 0.05) is 24.8 Å². The maximum absolute atomic E-state index is 14.8. The Morgan fingerprint density at radius 3 is 2.35 bits per heavy atom. The Kier molecular flexibility index (Phi) is 6.83. The number of pyridine rings is 1. The second-order valence-electron chi connectivity index (χ2n) is 7.70. The van der Waals surface area contributed by atoms with Crippen molar-refractivity contribution in [3.8, 4) is 0 Å². The van der Waals surface area contributed by atoms with Crippen LogP contribution in [-0.2, 0) is 0 Å². The number of nitrogens with zero attached hydrogens (tertiary/aromatic N) is 2. The van der Waals surface area contributed by atoms with Crippen LogP contribution in [0.2, 0.25) is 5.02 Å². The quantitative estimate of drug-likeness (QED) is 0.353. The molecule has 1 aliphatic rings. The molecule has 3 aromatic rings. The zero-order valence-electron chi connectivity index (χ0n) is 17.9. The minimum Gasteiger partial charge on any atom is -0.357 e. The van der Waals surface area contributed by atoms with Gasteiger partial charge in [0.2, 0.25) is 0 Å². The Morgan fingerprint density at radius 1 is 0.941 bits per heavy atom. The number of amidine groups is 1. The molecule has 1 aromatic heterocycles. The van der Waals surface area contributed by atoms with Crippen LogP contribution in [-0.4, -0.2) is 40.6 Å². The summed E-state index contributed by atoms with van der Waals surface area (Å²) in [5.41, 5.74) is -0.0784. The molecule has 34 heavy (non-hydrogen) atoms. The van der Waals surface area contributed by atoms with Crippen molar-refractivity contribution in [3.63, 3.8) is 0 Å². The predicted molar refractivity (Wildman–Crippen MR) is 126 cm³/mol. The monoisotopic (exact) mass is 483 g/mol. The number of hydrogen-bond donors (Lipinski definition) is 3. The zero-order valence-corrected chi connectivity index (χ0v) is 18.6. The van der Waals surface area contributed by atoms with Gasteiger partial charge >= 0.3 is 0 Å². The Balaban J connectivity index is 1.53. The number of benzene rings is 2. The first-order valence-corrected chi connectivity index (χ1v) is 10.9. The molecule has 174 valence electrons. The number of carbonyl (C=O) groups is 2. The van der Waals surface area contributed by atoms with Crippen molar-refractivity contribution in [1.82, 2.24) is 9.88 Å². The average Bonchev–Trinajstić information content (AvgIpc) is 3.36. The largest absolute Gasteiger partial charge is 0.357 e. The summed E-state index contributed by atoms with van der Waals surface area (Å²) in [6.45, 7) is 1.48. The summed E-state index contributed by atoms with van der Waals surface area (Å²) < 4.78 is 28.6. The molecule has 0 radical (unpaired) electrons. The first-order valence-electron chi connectivity index (χ1n) is 10.5. The highest BCUT2D eigenvalue weighted by atomic mass is 35.5. The third-order valence-electron chi connectivity index (χ3n) is 5.35. The molecule has 7 nitrogen and oxygen atoms in total. The molecule has 0 spiro atoms. The van der Waals surface area contributed by atoms with Crippen LogP contribution in [0.4, 0.5) is 20.3 Å². The third-order valence-corrected chi connectivity index (χ3v) is 5.58. The van der Waals surface area contributed by atoms with Gasteiger partial charge in [0.1, 0.15) is 23.3 Å². The second-order valence-corrected chi connectivity index (χ2v) is 8.13. The van der Waals surface area contributed by atoms with E-state index in [9.17, 15) is 18.4 Å². The summed E-state index contributed by atoms with van der Waals surface area (Å²) in [4.78, 5) is 31.3. The molecule has 0 atom stereocenters. The maximum Gasteiger partial charge on any atom is 0.259 e. The van der Waals surface area contributed by atoms with E-state index in [0.29, 0.717) is 10.6 Å². The molecule has 0 unspecified atom stereocenters. The van der Waals surface area contributed by atoms with E-state index in [1.165, 1.54) is 36.5 Å². The number of carbonyl (C=O) groups excluding carboxylic acids is 2.